The Balaban J connectivity index is 3.19. The first-order valence-electron chi connectivity index (χ1n) is 7.13. The summed E-state index contributed by atoms with van der Waals surface area (Å²) in [6.07, 6.45) is 1.89. The molecule has 1 aromatic rings. The maximum absolute atomic E-state index is 5.32. The Morgan fingerprint density at radius 3 is 2.45 bits per heavy atom. The third kappa shape index (κ3) is 4.70. The molecule has 0 aliphatic heterocycles. The van der Waals surface area contributed by atoms with Crippen LogP contribution in [0.5, 0.6) is 0 Å². The largest absolute Gasteiger partial charge is 0.381 e. The Bertz CT molecular complexity index is 443. The van der Waals surface area contributed by atoms with E-state index in [1.807, 2.05) is 6.92 Å². The van der Waals surface area contributed by atoms with Crippen molar-refractivity contribution < 1.29 is 4.74 Å². The summed E-state index contributed by atoms with van der Waals surface area (Å²) in [6, 6.07) is 0. The van der Waals surface area contributed by atoms with Crippen molar-refractivity contribution in [2.75, 3.05) is 19.0 Å². The number of rotatable bonds is 6. The molecule has 20 heavy (non-hydrogen) atoms. The number of nitrogens with one attached hydrogen (secondary N) is 1. The van der Waals surface area contributed by atoms with E-state index in [-0.39, 0.29) is 11.5 Å². The molecule has 4 nitrogen and oxygen atoms in total. The molecule has 1 heterocycles. The van der Waals surface area contributed by atoms with E-state index in [9.17, 15) is 0 Å². The van der Waals surface area contributed by atoms with Crippen molar-refractivity contribution in [3.8, 4) is 0 Å². The van der Waals surface area contributed by atoms with Gasteiger partial charge < -0.3 is 10.1 Å². The highest BCUT2D eigenvalue weighted by Gasteiger charge is 2.23. The fourth-order valence-electron chi connectivity index (χ4n) is 1.78. The summed E-state index contributed by atoms with van der Waals surface area (Å²) in [6.45, 7) is 11.5. The lowest BCUT2D eigenvalue weighted by molar-refractivity contribution is 0.117. The molecule has 1 aromatic heterocycles. The number of hydrogen-bond donors (Lipinski definition) is 1. The van der Waals surface area contributed by atoms with Crippen molar-refractivity contribution in [1.82, 2.24) is 9.97 Å². The van der Waals surface area contributed by atoms with Gasteiger partial charge >= 0.3 is 0 Å². The molecule has 1 N–H and O–H groups in total. The first kappa shape index (κ1) is 17.4. The monoisotopic (exact) mass is 343 g/mol. The SMILES string of the molecule is CCCNc1nc(CC(C)OC)nc(C(C)(C)C)c1Br. The van der Waals surface area contributed by atoms with Gasteiger partial charge in [-0.15, -0.1) is 0 Å². The van der Waals surface area contributed by atoms with Crippen LogP contribution in [0.25, 0.3) is 0 Å². The van der Waals surface area contributed by atoms with Crippen LogP contribution < -0.4 is 5.32 Å². The molecule has 0 amide bonds. The molecular weight excluding hydrogens is 318 g/mol. The number of hydrogen-bond acceptors (Lipinski definition) is 4. The molecule has 0 spiro atoms. The van der Waals surface area contributed by atoms with E-state index in [4.69, 9.17) is 9.72 Å². The Morgan fingerprint density at radius 2 is 1.95 bits per heavy atom. The van der Waals surface area contributed by atoms with Gasteiger partial charge in [0, 0.05) is 25.5 Å². The highest BCUT2D eigenvalue weighted by molar-refractivity contribution is 9.10. The lowest BCUT2D eigenvalue weighted by Crippen LogP contribution is -2.20. The standard InChI is InChI=1S/C15H26BrN3O/c1-7-8-17-14-12(16)13(15(3,4)5)18-11(19-14)9-10(2)20-6/h10H,7-9H2,1-6H3,(H,17,18,19). The van der Waals surface area contributed by atoms with Gasteiger partial charge in [0.05, 0.1) is 16.3 Å². The molecule has 0 bridgehead atoms. The fourth-order valence-corrected chi connectivity index (χ4v) is 2.69. The molecule has 0 aliphatic rings. The molecule has 5 heteroatoms. The van der Waals surface area contributed by atoms with Crippen LogP contribution >= 0.6 is 15.9 Å². The second-order valence-corrected chi connectivity index (χ2v) is 6.87. The molecule has 1 rings (SSSR count). The number of aromatic nitrogens is 2. The van der Waals surface area contributed by atoms with Crippen LogP contribution in [0.3, 0.4) is 0 Å². The zero-order valence-electron chi connectivity index (χ0n) is 13.4. The lowest BCUT2D eigenvalue weighted by Gasteiger charge is -2.22. The summed E-state index contributed by atoms with van der Waals surface area (Å²) >= 11 is 3.65. The topological polar surface area (TPSA) is 47.0 Å². The van der Waals surface area contributed by atoms with Crippen LogP contribution in [0, 0.1) is 0 Å². The molecule has 0 saturated carbocycles. The van der Waals surface area contributed by atoms with Gasteiger partial charge in [0.15, 0.2) is 0 Å². The van der Waals surface area contributed by atoms with Gasteiger partial charge in [-0.3, -0.25) is 0 Å². The third-order valence-corrected chi connectivity index (χ3v) is 3.77. The predicted molar refractivity (Wildman–Crippen MR) is 87.4 cm³/mol. The number of methoxy groups -OCH3 is 1. The van der Waals surface area contributed by atoms with E-state index in [0.29, 0.717) is 6.42 Å². The maximum atomic E-state index is 5.32. The van der Waals surface area contributed by atoms with Crippen molar-refractivity contribution in [2.45, 2.75) is 59.0 Å². The molecule has 0 saturated heterocycles. The number of anilines is 1. The van der Waals surface area contributed by atoms with Crippen LogP contribution in [-0.4, -0.2) is 29.7 Å². The first-order chi connectivity index (χ1) is 9.29. The summed E-state index contributed by atoms with van der Waals surface area (Å²) in [5, 5.41) is 3.37. The maximum Gasteiger partial charge on any atom is 0.144 e. The minimum Gasteiger partial charge on any atom is -0.381 e. The molecule has 1 unspecified atom stereocenters. The van der Waals surface area contributed by atoms with E-state index in [1.165, 1.54) is 0 Å². The molecule has 0 aliphatic carbocycles. The van der Waals surface area contributed by atoms with Crippen molar-refractivity contribution in [2.24, 2.45) is 0 Å². The minimum absolute atomic E-state index is 0.0323. The highest BCUT2D eigenvalue weighted by Crippen LogP contribution is 2.32. The van der Waals surface area contributed by atoms with Gasteiger partial charge in [-0.25, -0.2) is 9.97 Å². The number of halogens is 1. The van der Waals surface area contributed by atoms with Crippen molar-refractivity contribution >= 4 is 21.7 Å². The van der Waals surface area contributed by atoms with Gasteiger partial charge in [0.2, 0.25) is 0 Å². The molecule has 1 atom stereocenters. The van der Waals surface area contributed by atoms with E-state index in [0.717, 1.165) is 34.8 Å². The van der Waals surface area contributed by atoms with Gasteiger partial charge in [-0.1, -0.05) is 27.7 Å². The van der Waals surface area contributed by atoms with Gasteiger partial charge in [-0.2, -0.15) is 0 Å². The summed E-state index contributed by atoms with van der Waals surface area (Å²) < 4.78 is 6.28. The van der Waals surface area contributed by atoms with E-state index in [2.05, 4.69) is 53.9 Å². The second kappa shape index (κ2) is 7.36. The Labute approximate surface area is 130 Å². The lowest BCUT2D eigenvalue weighted by atomic mass is 9.91. The minimum atomic E-state index is -0.0323. The normalized spacial score (nSPS) is 13.3. The molecule has 0 radical (unpaired) electrons. The zero-order valence-corrected chi connectivity index (χ0v) is 15.0. The van der Waals surface area contributed by atoms with Crippen molar-refractivity contribution in [3.05, 3.63) is 16.0 Å². The van der Waals surface area contributed by atoms with E-state index in [1.54, 1.807) is 7.11 Å². The highest BCUT2D eigenvalue weighted by atomic mass is 79.9. The van der Waals surface area contributed by atoms with Crippen LogP contribution in [0.4, 0.5) is 5.82 Å². The molecule has 0 fully saturated rings. The second-order valence-electron chi connectivity index (χ2n) is 6.08. The summed E-state index contributed by atoms with van der Waals surface area (Å²) in [7, 11) is 1.71. The van der Waals surface area contributed by atoms with E-state index >= 15 is 0 Å². The Kier molecular flexibility index (Phi) is 6.40. The summed E-state index contributed by atoms with van der Waals surface area (Å²) in [4.78, 5) is 9.35. The number of ether oxygens (including phenoxy) is 1. The van der Waals surface area contributed by atoms with Crippen LogP contribution in [0.2, 0.25) is 0 Å². The predicted octanol–water partition coefficient (Wildman–Crippen LogP) is 3.94. The fraction of sp³-hybridized carbons (Fsp3) is 0.733. The first-order valence-corrected chi connectivity index (χ1v) is 7.92. The van der Waals surface area contributed by atoms with Crippen LogP contribution in [0.15, 0.2) is 4.47 Å². The Morgan fingerprint density at radius 1 is 1.30 bits per heavy atom. The Hall–Kier alpha value is -0.680. The summed E-state index contributed by atoms with van der Waals surface area (Å²) in [5.74, 6) is 1.70. The molecular formula is C15H26BrN3O. The van der Waals surface area contributed by atoms with Crippen LogP contribution in [-0.2, 0) is 16.6 Å². The zero-order chi connectivity index (χ0) is 15.3. The smallest absolute Gasteiger partial charge is 0.144 e. The van der Waals surface area contributed by atoms with Crippen molar-refractivity contribution in [3.63, 3.8) is 0 Å². The summed E-state index contributed by atoms with van der Waals surface area (Å²) in [5.41, 5.74) is 1.000. The van der Waals surface area contributed by atoms with E-state index < -0.39 is 0 Å². The molecule has 0 aromatic carbocycles. The number of nitrogens with zero attached hydrogens (tertiary/aromatic N) is 2. The van der Waals surface area contributed by atoms with Gasteiger partial charge in [-0.05, 0) is 29.3 Å². The molecule has 114 valence electrons. The average molecular weight is 344 g/mol. The average Bonchev–Trinajstić information content (AvgIpc) is 2.37. The van der Waals surface area contributed by atoms with Crippen molar-refractivity contribution in [1.29, 1.82) is 0 Å². The van der Waals surface area contributed by atoms with Gasteiger partial charge in [0.25, 0.3) is 0 Å². The quantitative estimate of drug-likeness (QED) is 0.849. The van der Waals surface area contributed by atoms with Crippen LogP contribution in [0.1, 0.15) is 52.6 Å². The third-order valence-electron chi connectivity index (χ3n) is 3.02. The van der Waals surface area contributed by atoms with Gasteiger partial charge in [0.1, 0.15) is 11.6 Å².